The fourth-order valence-electron chi connectivity index (χ4n) is 4.62. The molecule has 3 heterocycles. The molecule has 11 heteroatoms. The van der Waals surface area contributed by atoms with Gasteiger partial charge in [0.05, 0.1) is 17.8 Å². The van der Waals surface area contributed by atoms with E-state index in [9.17, 15) is 9.59 Å². The summed E-state index contributed by atoms with van der Waals surface area (Å²) in [6.45, 7) is 19.2. The summed E-state index contributed by atoms with van der Waals surface area (Å²) in [7, 11) is -0.495. The van der Waals surface area contributed by atoms with Gasteiger partial charge in [-0.3, -0.25) is 4.79 Å². The maximum absolute atomic E-state index is 13.1. The molecule has 10 nitrogen and oxygen atoms in total. The van der Waals surface area contributed by atoms with Crippen molar-refractivity contribution in [2.24, 2.45) is 11.8 Å². The SMILES string of the molecule is CC(C)[C@@H](NC(=O)OC(C)(C)C)C(=O)N1CCC(CCCOc2ncc(B3OC(C)(C)C(C)(C)O3)cn2)CC1. The smallest absolute Gasteiger partial charge is 0.463 e. The number of carbonyl (C=O) groups is 2. The van der Waals surface area contributed by atoms with Crippen molar-refractivity contribution in [3.05, 3.63) is 12.4 Å². The highest BCUT2D eigenvalue weighted by Crippen LogP contribution is 2.36. The summed E-state index contributed by atoms with van der Waals surface area (Å²) in [6, 6.07) is -0.256. The number of aromatic nitrogens is 2. The van der Waals surface area contributed by atoms with Crippen molar-refractivity contribution in [3.8, 4) is 6.01 Å². The van der Waals surface area contributed by atoms with Gasteiger partial charge >= 0.3 is 19.2 Å². The Bertz CT molecular complexity index is 955. The van der Waals surface area contributed by atoms with E-state index in [0.717, 1.165) is 31.1 Å². The van der Waals surface area contributed by atoms with E-state index in [1.54, 1.807) is 33.2 Å². The normalized spacial score (nSPS) is 20.2. The third kappa shape index (κ3) is 8.54. The van der Waals surface area contributed by atoms with Gasteiger partial charge in [-0.05, 0) is 86.0 Å². The minimum absolute atomic E-state index is 0.0342. The van der Waals surface area contributed by atoms with Gasteiger partial charge in [-0.25, -0.2) is 14.8 Å². The molecule has 0 saturated carbocycles. The van der Waals surface area contributed by atoms with E-state index in [4.69, 9.17) is 18.8 Å². The standard InChI is InChI=1S/C28H47BN4O6/c1-19(2)22(32-25(35)37-26(3,4)5)23(34)33-14-12-20(13-15-33)11-10-16-36-24-30-17-21(18-31-24)29-38-27(6,7)28(8,9)39-29/h17-20,22H,10-16H2,1-9H3,(H,32,35)/t22-/m1/s1. The molecule has 2 amide bonds. The summed E-state index contributed by atoms with van der Waals surface area (Å²) < 4.78 is 23.2. The maximum atomic E-state index is 13.1. The number of nitrogens with zero attached hydrogens (tertiary/aromatic N) is 3. The zero-order valence-corrected chi connectivity index (χ0v) is 25.2. The number of nitrogens with one attached hydrogen (secondary N) is 1. The van der Waals surface area contributed by atoms with Crippen LogP contribution in [0.5, 0.6) is 6.01 Å². The average molecular weight is 547 g/mol. The number of likely N-dealkylation sites (tertiary alicyclic amines) is 1. The van der Waals surface area contributed by atoms with Gasteiger partial charge in [0.1, 0.15) is 11.6 Å². The Kier molecular flexibility index (Phi) is 9.91. The maximum Gasteiger partial charge on any atom is 0.498 e. The largest absolute Gasteiger partial charge is 0.498 e. The lowest BCUT2D eigenvalue weighted by molar-refractivity contribution is -0.136. The zero-order valence-electron chi connectivity index (χ0n) is 25.2. The van der Waals surface area contributed by atoms with Crippen molar-refractivity contribution in [3.63, 3.8) is 0 Å². The van der Waals surface area contributed by atoms with Crippen LogP contribution in [0.3, 0.4) is 0 Å². The molecule has 39 heavy (non-hydrogen) atoms. The van der Waals surface area contributed by atoms with Crippen LogP contribution in [0.15, 0.2) is 12.4 Å². The van der Waals surface area contributed by atoms with Crippen molar-refractivity contribution in [2.45, 2.75) is 111 Å². The van der Waals surface area contributed by atoms with Crippen molar-refractivity contribution in [1.29, 1.82) is 0 Å². The number of alkyl carbamates (subject to hydrolysis) is 1. The van der Waals surface area contributed by atoms with Gasteiger partial charge in [0, 0.05) is 30.9 Å². The third-order valence-corrected chi connectivity index (χ3v) is 7.69. The van der Waals surface area contributed by atoms with Crippen LogP contribution in [0.25, 0.3) is 0 Å². The van der Waals surface area contributed by atoms with Gasteiger partial charge in [0.15, 0.2) is 0 Å². The van der Waals surface area contributed by atoms with E-state index >= 15 is 0 Å². The van der Waals surface area contributed by atoms with Crippen molar-refractivity contribution in [1.82, 2.24) is 20.2 Å². The van der Waals surface area contributed by atoms with E-state index in [2.05, 4.69) is 15.3 Å². The predicted octanol–water partition coefficient (Wildman–Crippen LogP) is 3.72. The van der Waals surface area contributed by atoms with Crippen molar-refractivity contribution >= 4 is 24.6 Å². The molecule has 1 aromatic heterocycles. The molecule has 2 fully saturated rings. The minimum atomic E-state index is -0.611. The topological polar surface area (TPSA) is 112 Å². The van der Waals surface area contributed by atoms with Crippen LogP contribution in [0.2, 0.25) is 0 Å². The van der Waals surface area contributed by atoms with Gasteiger partial charge < -0.3 is 29.0 Å². The molecule has 1 atom stereocenters. The lowest BCUT2D eigenvalue weighted by atomic mass is 9.81. The van der Waals surface area contributed by atoms with E-state index in [-0.39, 0.29) is 11.8 Å². The molecule has 0 unspecified atom stereocenters. The summed E-state index contributed by atoms with van der Waals surface area (Å²) >= 11 is 0. The van der Waals surface area contributed by atoms with Gasteiger partial charge in [0.2, 0.25) is 5.91 Å². The zero-order chi connectivity index (χ0) is 29.0. The van der Waals surface area contributed by atoms with Crippen LogP contribution in [-0.4, -0.2) is 76.5 Å². The highest BCUT2D eigenvalue weighted by atomic mass is 16.7. The molecule has 1 N–H and O–H groups in total. The number of piperidine rings is 1. The second-order valence-corrected chi connectivity index (χ2v) is 13.0. The molecule has 1 aromatic rings. The third-order valence-electron chi connectivity index (χ3n) is 7.69. The Labute approximate surface area is 234 Å². The van der Waals surface area contributed by atoms with E-state index in [1.807, 2.05) is 46.4 Å². The lowest BCUT2D eigenvalue weighted by Crippen LogP contribution is -2.53. The van der Waals surface area contributed by atoms with E-state index < -0.39 is 36.1 Å². The fourth-order valence-corrected chi connectivity index (χ4v) is 4.62. The number of ether oxygens (including phenoxy) is 2. The summed E-state index contributed by atoms with van der Waals surface area (Å²) in [6.07, 6.45) is 6.59. The van der Waals surface area contributed by atoms with Gasteiger partial charge in [0.25, 0.3) is 0 Å². The quantitative estimate of drug-likeness (QED) is 0.369. The van der Waals surface area contributed by atoms with E-state index in [1.165, 1.54) is 0 Å². The Morgan fingerprint density at radius 3 is 2.18 bits per heavy atom. The summed E-state index contributed by atoms with van der Waals surface area (Å²) in [5.74, 6) is 0.451. The van der Waals surface area contributed by atoms with Crippen LogP contribution in [-0.2, 0) is 18.8 Å². The molecule has 0 radical (unpaired) electrons. The molecule has 0 aliphatic carbocycles. The molecule has 0 spiro atoms. The number of hydrogen-bond acceptors (Lipinski definition) is 8. The first-order valence-corrected chi connectivity index (χ1v) is 14.2. The first kappa shape index (κ1) is 31.1. The molecule has 3 rings (SSSR count). The van der Waals surface area contributed by atoms with Crippen LogP contribution in [0, 0.1) is 11.8 Å². The summed E-state index contributed by atoms with van der Waals surface area (Å²) in [5.41, 5.74) is -0.670. The first-order valence-electron chi connectivity index (χ1n) is 14.2. The minimum Gasteiger partial charge on any atom is -0.463 e. The van der Waals surface area contributed by atoms with Crippen LogP contribution >= 0.6 is 0 Å². The van der Waals surface area contributed by atoms with Crippen LogP contribution in [0.1, 0.15) is 88.0 Å². The molecule has 2 aliphatic rings. The number of hydrogen-bond donors (Lipinski definition) is 1. The van der Waals surface area contributed by atoms with Crippen LogP contribution in [0.4, 0.5) is 4.79 Å². The second kappa shape index (κ2) is 12.4. The number of rotatable bonds is 9. The van der Waals surface area contributed by atoms with Gasteiger partial charge in [-0.2, -0.15) is 0 Å². The van der Waals surface area contributed by atoms with Gasteiger partial charge in [-0.1, -0.05) is 13.8 Å². The van der Waals surface area contributed by atoms with E-state index in [0.29, 0.717) is 31.6 Å². The van der Waals surface area contributed by atoms with Gasteiger partial charge in [-0.15, -0.1) is 0 Å². The van der Waals surface area contributed by atoms with Crippen molar-refractivity contribution in [2.75, 3.05) is 19.7 Å². The average Bonchev–Trinajstić information content (AvgIpc) is 3.06. The molecule has 2 saturated heterocycles. The molecule has 0 aromatic carbocycles. The number of amides is 2. The molecular weight excluding hydrogens is 499 g/mol. The Balaban J connectivity index is 1.37. The van der Waals surface area contributed by atoms with Crippen molar-refractivity contribution < 1.29 is 28.4 Å². The predicted molar refractivity (Wildman–Crippen MR) is 150 cm³/mol. The highest BCUT2D eigenvalue weighted by Gasteiger charge is 2.52. The second-order valence-electron chi connectivity index (χ2n) is 13.0. The Hall–Kier alpha value is -2.40. The van der Waals surface area contributed by atoms with Crippen LogP contribution < -0.4 is 15.5 Å². The molecule has 0 bridgehead atoms. The fraction of sp³-hybridized carbons (Fsp3) is 0.786. The first-order chi connectivity index (χ1) is 18.1. The summed E-state index contributed by atoms with van der Waals surface area (Å²) in [4.78, 5) is 35.9. The highest BCUT2D eigenvalue weighted by molar-refractivity contribution is 6.61. The summed E-state index contributed by atoms with van der Waals surface area (Å²) in [5, 5.41) is 2.77. The molecule has 2 aliphatic heterocycles. The lowest BCUT2D eigenvalue weighted by Gasteiger charge is -2.35. The monoisotopic (exact) mass is 546 g/mol. The molecular formula is C28H47BN4O6. The molecule has 218 valence electrons. The Morgan fingerprint density at radius 1 is 1.10 bits per heavy atom. The Morgan fingerprint density at radius 2 is 1.67 bits per heavy atom. The number of carbonyl (C=O) groups excluding carboxylic acids is 2.